The molecule has 0 fully saturated rings. The van der Waals surface area contributed by atoms with Crippen LogP contribution in [0.5, 0.6) is 0 Å². The molecule has 1 aliphatic carbocycles. The number of carbonyl (C=O) groups excluding carboxylic acids is 1. The van der Waals surface area contributed by atoms with E-state index in [0.29, 0.717) is 13.0 Å². The van der Waals surface area contributed by atoms with Gasteiger partial charge < -0.3 is 10.1 Å². The van der Waals surface area contributed by atoms with Crippen LogP contribution in [0.3, 0.4) is 0 Å². The molecule has 0 unspecified atom stereocenters. The molecule has 0 spiro atoms. The summed E-state index contributed by atoms with van der Waals surface area (Å²) in [7, 11) is 0. The third-order valence-electron chi connectivity index (χ3n) is 5.00. The van der Waals surface area contributed by atoms with Crippen LogP contribution >= 0.6 is 11.3 Å². The Labute approximate surface area is 164 Å². The number of carbonyl (C=O) groups is 1. The molecule has 4 rings (SSSR count). The van der Waals surface area contributed by atoms with E-state index in [-0.39, 0.29) is 18.1 Å². The fraction of sp³-hybridized carbons (Fsp3) is 0.261. The summed E-state index contributed by atoms with van der Waals surface area (Å²) in [5.41, 5.74) is 3.64. The highest BCUT2D eigenvalue weighted by atomic mass is 32.1. The standard InChI is InChI=1S/C23H23NO2S/c25-22(15-19-10-6-14-27-19)24-23-20-11-5-4-9-18(20)12-13-21(23)26-16-17-7-2-1-3-8-17/h1-11,14,21,23H,12-13,15-16H2,(H,24,25)/t21-,23+/m0/s1. The average molecular weight is 378 g/mol. The van der Waals surface area contributed by atoms with Crippen LogP contribution in [-0.2, 0) is 29.0 Å². The van der Waals surface area contributed by atoms with Gasteiger partial charge in [0.05, 0.1) is 25.2 Å². The van der Waals surface area contributed by atoms with Crippen LogP contribution < -0.4 is 5.32 Å². The lowest BCUT2D eigenvalue weighted by Crippen LogP contribution is -2.41. The van der Waals surface area contributed by atoms with E-state index in [1.807, 2.05) is 41.8 Å². The maximum Gasteiger partial charge on any atom is 0.225 e. The zero-order chi connectivity index (χ0) is 18.5. The zero-order valence-electron chi connectivity index (χ0n) is 15.1. The van der Waals surface area contributed by atoms with Gasteiger partial charge in [-0.1, -0.05) is 60.7 Å². The molecule has 1 heterocycles. The maximum atomic E-state index is 12.6. The molecule has 3 nitrogen and oxygen atoms in total. The van der Waals surface area contributed by atoms with Crippen molar-refractivity contribution >= 4 is 17.2 Å². The minimum atomic E-state index is -0.105. The largest absolute Gasteiger partial charge is 0.371 e. The molecule has 138 valence electrons. The molecule has 1 amide bonds. The molecule has 4 heteroatoms. The Morgan fingerprint density at radius 2 is 1.85 bits per heavy atom. The summed E-state index contributed by atoms with van der Waals surface area (Å²) in [5.74, 6) is 0.0486. The topological polar surface area (TPSA) is 38.3 Å². The van der Waals surface area contributed by atoms with Crippen LogP contribution in [0, 0.1) is 0 Å². The predicted octanol–water partition coefficient (Wildman–Crippen LogP) is 4.68. The van der Waals surface area contributed by atoms with Crippen molar-refractivity contribution in [3.8, 4) is 0 Å². The number of hydrogen-bond donors (Lipinski definition) is 1. The Morgan fingerprint density at radius 3 is 2.67 bits per heavy atom. The first-order valence-corrected chi connectivity index (χ1v) is 10.2. The first kappa shape index (κ1) is 18.0. The Kier molecular flexibility index (Phi) is 5.66. The third-order valence-corrected chi connectivity index (χ3v) is 5.87. The highest BCUT2D eigenvalue weighted by molar-refractivity contribution is 7.10. The van der Waals surface area contributed by atoms with Gasteiger partial charge in [0.2, 0.25) is 5.91 Å². The lowest BCUT2D eigenvalue weighted by molar-refractivity contribution is -0.122. The van der Waals surface area contributed by atoms with Gasteiger partial charge in [0.25, 0.3) is 0 Å². The lowest BCUT2D eigenvalue weighted by atomic mass is 9.85. The number of hydrogen-bond acceptors (Lipinski definition) is 3. The number of aryl methyl sites for hydroxylation is 1. The van der Waals surface area contributed by atoms with Gasteiger partial charge in [-0.25, -0.2) is 0 Å². The molecule has 3 aromatic rings. The summed E-state index contributed by atoms with van der Waals surface area (Å²) in [5, 5.41) is 5.25. The summed E-state index contributed by atoms with van der Waals surface area (Å²) in [6.07, 6.45) is 2.29. The van der Waals surface area contributed by atoms with Crippen LogP contribution in [0.1, 0.15) is 34.0 Å². The lowest BCUT2D eigenvalue weighted by Gasteiger charge is -2.34. The van der Waals surface area contributed by atoms with E-state index >= 15 is 0 Å². The first-order chi connectivity index (χ1) is 13.3. The smallest absolute Gasteiger partial charge is 0.225 e. The van der Waals surface area contributed by atoms with Gasteiger partial charge >= 0.3 is 0 Å². The molecule has 0 aliphatic heterocycles. The molecule has 1 aliphatic rings. The molecule has 2 atom stereocenters. The average Bonchev–Trinajstić information content (AvgIpc) is 3.21. The molecule has 27 heavy (non-hydrogen) atoms. The van der Waals surface area contributed by atoms with E-state index in [4.69, 9.17) is 4.74 Å². The van der Waals surface area contributed by atoms with Crippen molar-refractivity contribution in [1.29, 1.82) is 0 Å². The Hall–Kier alpha value is -2.43. The molecule has 0 saturated heterocycles. The van der Waals surface area contributed by atoms with Crippen LogP contribution in [0.25, 0.3) is 0 Å². The highest BCUT2D eigenvalue weighted by Crippen LogP contribution is 2.32. The maximum absolute atomic E-state index is 12.6. The van der Waals surface area contributed by atoms with Gasteiger partial charge in [0.1, 0.15) is 0 Å². The van der Waals surface area contributed by atoms with Gasteiger partial charge in [-0.15, -0.1) is 11.3 Å². The SMILES string of the molecule is O=C(Cc1cccs1)N[C@@H]1c2ccccc2CC[C@@H]1OCc1ccccc1. The van der Waals surface area contributed by atoms with Crippen molar-refractivity contribution in [3.63, 3.8) is 0 Å². The highest BCUT2D eigenvalue weighted by Gasteiger charge is 2.31. The second-order valence-corrected chi connectivity index (χ2v) is 7.91. The summed E-state index contributed by atoms with van der Waals surface area (Å²) in [4.78, 5) is 13.7. The predicted molar refractivity (Wildman–Crippen MR) is 109 cm³/mol. The summed E-state index contributed by atoms with van der Waals surface area (Å²) in [6.45, 7) is 0.560. The van der Waals surface area contributed by atoms with Crippen LogP contribution in [0.15, 0.2) is 72.1 Å². The number of benzene rings is 2. The second kappa shape index (κ2) is 8.51. The first-order valence-electron chi connectivity index (χ1n) is 9.34. The molecule has 1 N–H and O–H groups in total. The van der Waals surface area contributed by atoms with E-state index < -0.39 is 0 Å². The number of amides is 1. The third kappa shape index (κ3) is 4.46. The fourth-order valence-corrected chi connectivity index (χ4v) is 4.36. The van der Waals surface area contributed by atoms with E-state index in [9.17, 15) is 4.79 Å². The summed E-state index contributed by atoms with van der Waals surface area (Å²) < 4.78 is 6.26. The number of rotatable bonds is 6. The minimum Gasteiger partial charge on any atom is -0.371 e. The van der Waals surface area contributed by atoms with E-state index in [1.165, 1.54) is 11.1 Å². The van der Waals surface area contributed by atoms with Crippen molar-refractivity contribution in [2.75, 3.05) is 0 Å². The molecule has 0 bridgehead atoms. The zero-order valence-corrected chi connectivity index (χ0v) is 16.0. The Morgan fingerprint density at radius 1 is 1.04 bits per heavy atom. The van der Waals surface area contributed by atoms with Crippen molar-refractivity contribution in [2.24, 2.45) is 0 Å². The van der Waals surface area contributed by atoms with Crippen LogP contribution in [0.4, 0.5) is 0 Å². The van der Waals surface area contributed by atoms with Crippen molar-refractivity contribution in [2.45, 2.75) is 38.0 Å². The Balaban J connectivity index is 1.50. The van der Waals surface area contributed by atoms with Gasteiger partial charge in [0, 0.05) is 4.88 Å². The van der Waals surface area contributed by atoms with Gasteiger partial charge in [0.15, 0.2) is 0 Å². The van der Waals surface area contributed by atoms with Gasteiger partial charge in [-0.2, -0.15) is 0 Å². The van der Waals surface area contributed by atoms with E-state index in [0.717, 1.165) is 23.3 Å². The van der Waals surface area contributed by atoms with Crippen LogP contribution in [0.2, 0.25) is 0 Å². The van der Waals surface area contributed by atoms with Crippen molar-refractivity contribution in [3.05, 3.63) is 93.7 Å². The molecule has 0 saturated carbocycles. The molecule has 0 radical (unpaired) electrons. The van der Waals surface area contributed by atoms with Crippen molar-refractivity contribution in [1.82, 2.24) is 5.32 Å². The molecule has 2 aromatic carbocycles. The normalized spacial score (nSPS) is 18.7. The molecule has 1 aromatic heterocycles. The van der Waals surface area contributed by atoms with Gasteiger partial charge in [-0.3, -0.25) is 4.79 Å². The number of ether oxygens (including phenoxy) is 1. The van der Waals surface area contributed by atoms with E-state index in [2.05, 4.69) is 35.6 Å². The number of nitrogens with one attached hydrogen (secondary N) is 1. The second-order valence-electron chi connectivity index (χ2n) is 6.87. The summed E-state index contributed by atoms with van der Waals surface area (Å²) in [6, 6.07) is 22.4. The van der Waals surface area contributed by atoms with Gasteiger partial charge in [-0.05, 0) is 41.0 Å². The van der Waals surface area contributed by atoms with Crippen molar-refractivity contribution < 1.29 is 9.53 Å². The van der Waals surface area contributed by atoms with E-state index in [1.54, 1.807) is 11.3 Å². The quantitative estimate of drug-likeness (QED) is 0.677. The fourth-order valence-electron chi connectivity index (χ4n) is 3.65. The monoisotopic (exact) mass is 377 g/mol. The number of thiophene rings is 1. The summed E-state index contributed by atoms with van der Waals surface area (Å²) >= 11 is 1.62. The number of fused-ring (bicyclic) bond motifs is 1. The Bertz CT molecular complexity index is 876. The minimum absolute atomic E-state index is 0.0209. The molecular weight excluding hydrogens is 354 g/mol. The molecular formula is C23H23NO2S. The van der Waals surface area contributed by atoms with Crippen LogP contribution in [-0.4, -0.2) is 12.0 Å².